The predicted molar refractivity (Wildman–Crippen MR) is 147 cm³/mol. The fourth-order valence-corrected chi connectivity index (χ4v) is 4.26. The summed E-state index contributed by atoms with van der Waals surface area (Å²) in [6.07, 6.45) is 3.53. The van der Waals surface area contributed by atoms with Crippen LogP contribution in [0.1, 0.15) is 22.3 Å². The van der Waals surface area contributed by atoms with E-state index in [0.717, 1.165) is 48.5 Å². The monoisotopic (exact) mass is 498 g/mol. The van der Waals surface area contributed by atoms with Crippen LogP contribution in [0.5, 0.6) is 34.5 Å². The van der Waals surface area contributed by atoms with Gasteiger partial charge in [0, 0.05) is 6.07 Å². The van der Waals surface area contributed by atoms with Gasteiger partial charge in [0.15, 0.2) is 11.5 Å². The minimum absolute atomic E-state index is 0.666. The molecule has 0 unspecified atom stereocenters. The van der Waals surface area contributed by atoms with Crippen LogP contribution in [0.15, 0.2) is 84.9 Å². The molecule has 4 aromatic carbocycles. The lowest BCUT2D eigenvalue weighted by molar-refractivity contribution is 0.375. The summed E-state index contributed by atoms with van der Waals surface area (Å²) >= 11 is 0. The van der Waals surface area contributed by atoms with E-state index in [1.54, 1.807) is 28.4 Å². The summed E-state index contributed by atoms with van der Waals surface area (Å²) in [5.41, 5.74) is 4.76. The van der Waals surface area contributed by atoms with Crippen LogP contribution in [0.2, 0.25) is 0 Å². The van der Waals surface area contributed by atoms with Crippen molar-refractivity contribution in [2.75, 3.05) is 28.4 Å². The highest BCUT2D eigenvalue weighted by atomic mass is 16.5. The van der Waals surface area contributed by atoms with Crippen LogP contribution in [-0.2, 0) is 25.7 Å². The lowest BCUT2D eigenvalue weighted by Crippen LogP contribution is -1.97. The van der Waals surface area contributed by atoms with E-state index in [1.807, 2.05) is 48.5 Å². The maximum absolute atomic E-state index is 6.28. The van der Waals surface area contributed by atoms with E-state index in [9.17, 15) is 0 Å². The smallest absolute Gasteiger partial charge is 0.169 e. The Labute approximate surface area is 219 Å². The topological polar surface area (TPSA) is 46.2 Å². The van der Waals surface area contributed by atoms with Crippen molar-refractivity contribution in [2.45, 2.75) is 25.7 Å². The van der Waals surface area contributed by atoms with Crippen LogP contribution in [0.25, 0.3) is 0 Å². The summed E-state index contributed by atoms with van der Waals surface area (Å²) in [5, 5.41) is 0. The Morgan fingerprint density at radius 3 is 1.49 bits per heavy atom. The van der Waals surface area contributed by atoms with Gasteiger partial charge in [-0.05, 0) is 96.5 Å². The molecule has 5 nitrogen and oxygen atoms in total. The van der Waals surface area contributed by atoms with Crippen LogP contribution < -0.4 is 23.7 Å². The van der Waals surface area contributed by atoms with Gasteiger partial charge in [-0.2, -0.15) is 0 Å². The molecule has 37 heavy (non-hydrogen) atoms. The Hall–Kier alpha value is -4.12. The van der Waals surface area contributed by atoms with Gasteiger partial charge in [-0.3, -0.25) is 0 Å². The third-order valence-corrected chi connectivity index (χ3v) is 6.30. The first-order valence-electron chi connectivity index (χ1n) is 12.4. The maximum Gasteiger partial charge on any atom is 0.169 e. The number of benzene rings is 4. The molecule has 4 aromatic rings. The van der Waals surface area contributed by atoms with Crippen LogP contribution >= 0.6 is 0 Å². The number of methoxy groups -OCH3 is 4. The van der Waals surface area contributed by atoms with E-state index in [-0.39, 0.29) is 0 Å². The molecule has 0 N–H and O–H groups in total. The van der Waals surface area contributed by atoms with Crippen molar-refractivity contribution in [3.63, 3.8) is 0 Å². The van der Waals surface area contributed by atoms with Crippen molar-refractivity contribution in [1.29, 1.82) is 0 Å². The Balaban J connectivity index is 1.46. The van der Waals surface area contributed by atoms with Crippen molar-refractivity contribution >= 4 is 0 Å². The summed E-state index contributed by atoms with van der Waals surface area (Å²) in [6.45, 7) is 0. The highest BCUT2D eigenvalue weighted by Gasteiger charge is 2.10. The number of ether oxygens (including phenoxy) is 5. The Bertz CT molecular complexity index is 1310. The number of hydrogen-bond donors (Lipinski definition) is 0. The zero-order valence-corrected chi connectivity index (χ0v) is 22.0. The minimum Gasteiger partial charge on any atom is -0.497 e. The van der Waals surface area contributed by atoms with Crippen LogP contribution in [0.4, 0.5) is 0 Å². The van der Waals surface area contributed by atoms with Crippen LogP contribution in [0, 0.1) is 0 Å². The highest BCUT2D eigenvalue weighted by molar-refractivity contribution is 5.48. The molecule has 0 atom stereocenters. The molecule has 0 aliphatic carbocycles. The second kappa shape index (κ2) is 12.7. The summed E-state index contributed by atoms with van der Waals surface area (Å²) < 4.78 is 28.2. The summed E-state index contributed by atoms with van der Waals surface area (Å²) in [5.74, 6) is 4.57. The lowest BCUT2D eigenvalue weighted by atomic mass is 10.0. The number of hydrogen-bond acceptors (Lipinski definition) is 5. The van der Waals surface area contributed by atoms with E-state index in [4.69, 9.17) is 23.7 Å². The van der Waals surface area contributed by atoms with Crippen molar-refractivity contribution in [1.82, 2.24) is 0 Å². The van der Waals surface area contributed by atoms with Crippen molar-refractivity contribution in [3.05, 3.63) is 107 Å². The third kappa shape index (κ3) is 7.20. The molecule has 4 rings (SSSR count). The zero-order chi connectivity index (χ0) is 26.0. The van der Waals surface area contributed by atoms with Crippen molar-refractivity contribution < 1.29 is 23.7 Å². The molecular formula is C32H34O5. The molecule has 0 aliphatic rings. The van der Waals surface area contributed by atoms with E-state index >= 15 is 0 Å². The molecule has 0 bridgehead atoms. The average Bonchev–Trinajstić information content (AvgIpc) is 2.95. The summed E-state index contributed by atoms with van der Waals surface area (Å²) in [7, 11) is 6.71. The molecule has 0 saturated carbocycles. The number of rotatable bonds is 12. The molecule has 0 spiro atoms. The third-order valence-electron chi connectivity index (χ3n) is 6.30. The Morgan fingerprint density at radius 1 is 0.405 bits per heavy atom. The van der Waals surface area contributed by atoms with Gasteiger partial charge in [-0.1, -0.05) is 30.3 Å². The predicted octanol–water partition coefficient (Wildman–Crippen LogP) is 7.08. The molecule has 192 valence electrons. The number of aryl methyl sites for hydroxylation is 4. The lowest BCUT2D eigenvalue weighted by Gasteiger charge is -2.14. The van der Waals surface area contributed by atoms with E-state index < -0.39 is 0 Å². The first kappa shape index (κ1) is 26.0. The molecule has 0 fully saturated rings. The molecule has 0 heterocycles. The highest BCUT2D eigenvalue weighted by Crippen LogP contribution is 2.35. The Kier molecular flexibility index (Phi) is 8.93. The molecule has 0 saturated heterocycles. The molecule has 0 aromatic heterocycles. The van der Waals surface area contributed by atoms with Gasteiger partial charge >= 0.3 is 0 Å². The minimum atomic E-state index is 0.666. The molecule has 0 radical (unpaired) electrons. The van der Waals surface area contributed by atoms with Gasteiger partial charge in [0.05, 0.1) is 28.4 Å². The van der Waals surface area contributed by atoms with E-state index in [2.05, 4.69) is 36.4 Å². The normalized spacial score (nSPS) is 10.6. The standard InChI is InChI=1S/C32H34O5/c1-33-27-9-5-7-23(17-27)11-12-25-15-16-31(32(21-25)36-4)37-30-20-26(19-29(22-30)35-3)14-13-24-8-6-10-28(18-24)34-2/h5-10,15-22H,11-14H2,1-4H3. The first-order valence-corrected chi connectivity index (χ1v) is 12.4. The van der Waals surface area contributed by atoms with Gasteiger partial charge in [0.2, 0.25) is 0 Å². The van der Waals surface area contributed by atoms with Gasteiger partial charge in [-0.25, -0.2) is 0 Å². The summed E-state index contributed by atoms with van der Waals surface area (Å²) in [6, 6.07) is 28.4. The summed E-state index contributed by atoms with van der Waals surface area (Å²) in [4.78, 5) is 0. The first-order chi connectivity index (χ1) is 18.1. The largest absolute Gasteiger partial charge is 0.497 e. The van der Waals surface area contributed by atoms with Gasteiger partial charge in [0.25, 0.3) is 0 Å². The van der Waals surface area contributed by atoms with Crippen molar-refractivity contribution in [2.24, 2.45) is 0 Å². The van der Waals surface area contributed by atoms with E-state index in [0.29, 0.717) is 17.2 Å². The van der Waals surface area contributed by atoms with Gasteiger partial charge < -0.3 is 23.7 Å². The molecular weight excluding hydrogens is 464 g/mol. The fourth-order valence-electron chi connectivity index (χ4n) is 4.26. The van der Waals surface area contributed by atoms with Crippen LogP contribution in [0.3, 0.4) is 0 Å². The molecule has 5 heteroatoms. The Morgan fingerprint density at radius 2 is 0.919 bits per heavy atom. The van der Waals surface area contributed by atoms with Crippen molar-refractivity contribution in [3.8, 4) is 34.5 Å². The van der Waals surface area contributed by atoms with Crippen LogP contribution in [-0.4, -0.2) is 28.4 Å². The van der Waals surface area contributed by atoms with Gasteiger partial charge in [-0.15, -0.1) is 0 Å². The fraction of sp³-hybridized carbons (Fsp3) is 0.250. The van der Waals surface area contributed by atoms with Gasteiger partial charge in [0.1, 0.15) is 23.0 Å². The molecule has 0 amide bonds. The zero-order valence-electron chi connectivity index (χ0n) is 22.0. The maximum atomic E-state index is 6.28. The van der Waals surface area contributed by atoms with E-state index in [1.165, 1.54) is 16.7 Å². The molecule has 0 aliphatic heterocycles. The quantitative estimate of drug-likeness (QED) is 0.209. The SMILES string of the molecule is COc1cccc(CCc2cc(OC)cc(Oc3ccc(CCc4cccc(OC)c4)cc3OC)c2)c1. The second-order valence-electron chi connectivity index (χ2n) is 8.81. The second-order valence-corrected chi connectivity index (χ2v) is 8.81. The average molecular weight is 499 g/mol.